The van der Waals surface area contributed by atoms with Crippen molar-refractivity contribution in [3.63, 3.8) is 0 Å². The van der Waals surface area contributed by atoms with Gasteiger partial charge in [0, 0.05) is 6.04 Å². The molecule has 1 fully saturated rings. The maximum absolute atomic E-state index is 9.57. The van der Waals surface area contributed by atoms with Crippen LogP contribution in [0, 0.1) is 12.8 Å². The summed E-state index contributed by atoms with van der Waals surface area (Å²) in [6.45, 7) is 1.93. The van der Waals surface area contributed by atoms with E-state index < -0.39 is 0 Å². The van der Waals surface area contributed by atoms with Gasteiger partial charge in [-0.3, -0.25) is 0 Å². The quantitative estimate of drug-likeness (QED) is 0.754. The second-order valence-electron chi connectivity index (χ2n) is 4.21. The van der Waals surface area contributed by atoms with Gasteiger partial charge in [-0.25, -0.2) is 0 Å². The van der Waals surface area contributed by atoms with Gasteiger partial charge in [-0.2, -0.15) is 0 Å². The van der Waals surface area contributed by atoms with Gasteiger partial charge in [0.1, 0.15) is 5.75 Å². The van der Waals surface area contributed by atoms with E-state index in [0.29, 0.717) is 11.7 Å². The number of phenolic OH excluding ortho intramolecular Hbond substituents is 1. The van der Waals surface area contributed by atoms with Crippen molar-refractivity contribution in [2.24, 2.45) is 11.7 Å². The summed E-state index contributed by atoms with van der Waals surface area (Å²) in [7, 11) is 0. The van der Waals surface area contributed by atoms with Crippen LogP contribution in [0.25, 0.3) is 0 Å². The molecule has 0 radical (unpaired) electrons. The molecule has 0 bridgehead atoms. The van der Waals surface area contributed by atoms with Crippen LogP contribution in [0.3, 0.4) is 0 Å². The zero-order valence-electron chi connectivity index (χ0n) is 8.53. The SMILES string of the molecule is Cc1c(O)cccc1C(N)C1CCC1. The molecular formula is C12H17NO. The number of nitrogens with two attached hydrogens (primary N) is 1. The summed E-state index contributed by atoms with van der Waals surface area (Å²) in [4.78, 5) is 0. The third kappa shape index (κ3) is 1.50. The zero-order chi connectivity index (χ0) is 10.1. The van der Waals surface area contributed by atoms with Crippen molar-refractivity contribution >= 4 is 0 Å². The van der Waals surface area contributed by atoms with Gasteiger partial charge in [-0.1, -0.05) is 18.6 Å². The van der Waals surface area contributed by atoms with E-state index in [1.807, 2.05) is 19.1 Å². The molecule has 0 spiro atoms. The smallest absolute Gasteiger partial charge is 0.118 e. The second-order valence-corrected chi connectivity index (χ2v) is 4.21. The molecule has 1 aliphatic carbocycles. The fourth-order valence-electron chi connectivity index (χ4n) is 2.05. The van der Waals surface area contributed by atoms with Crippen molar-refractivity contribution < 1.29 is 5.11 Å². The van der Waals surface area contributed by atoms with Gasteiger partial charge in [0.15, 0.2) is 0 Å². The Morgan fingerprint density at radius 2 is 2.14 bits per heavy atom. The summed E-state index contributed by atoms with van der Waals surface area (Å²) in [5.74, 6) is 0.979. The number of rotatable bonds is 2. The monoisotopic (exact) mass is 191 g/mol. The first-order chi connectivity index (χ1) is 6.70. The Kier molecular flexibility index (Phi) is 2.46. The van der Waals surface area contributed by atoms with Gasteiger partial charge in [0.05, 0.1) is 0 Å². The Morgan fingerprint density at radius 1 is 1.43 bits per heavy atom. The largest absolute Gasteiger partial charge is 0.508 e. The summed E-state index contributed by atoms with van der Waals surface area (Å²) < 4.78 is 0. The van der Waals surface area contributed by atoms with Gasteiger partial charge < -0.3 is 10.8 Å². The Hall–Kier alpha value is -1.02. The van der Waals surface area contributed by atoms with E-state index >= 15 is 0 Å². The molecular weight excluding hydrogens is 174 g/mol. The summed E-state index contributed by atoms with van der Waals surface area (Å²) in [6, 6.07) is 5.72. The summed E-state index contributed by atoms with van der Waals surface area (Å²) in [5, 5.41) is 9.57. The molecule has 0 heterocycles. The Balaban J connectivity index is 2.26. The molecule has 1 unspecified atom stereocenters. The Bertz CT molecular complexity index is 331. The lowest BCUT2D eigenvalue weighted by Gasteiger charge is -2.32. The minimum absolute atomic E-state index is 0.107. The first-order valence-corrected chi connectivity index (χ1v) is 5.24. The van der Waals surface area contributed by atoms with E-state index in [9.17, 15) is 5.11 Å². The lowest BCUT2D eigenvalue weighted by Crippen LogP contribution is -2.27. The maximum Gasteiger partial charge on any atom is 0.118 e. The van der Waals surface area contributed by atoms with Crippen molar-refractivity contribution in [2.45, 2.75) is 32.2 Å². The van der Waals surface area contributed by atoms with Crippen molar-refractivity contribution in [1.82, 2.24) is 0 Å². The van der Waals surface area contributed by atoms with E-state index in [4.69, 9.17) is 5.73 Å². The molecule has 76 valence electrons. The maximum atomic E-state index is 9.57. The van der Waals surface area contributed by atoms with Crippen molar-refractivity contribution in [3.05, 3.63) is 29.3 Å². The molecule has 2 nitrogen and oxygen atoms in total. The van der Waals surface area contributed by atoms with Crippen LogP contribution in [0.5, 0.6) is 5.75 Å². The van der Waals surface area contributed by atoms with Gasteiger partial charge in [-0.05, 0) is 42.9 Å². The molecule has 0 aromatic heterocycles. The highest BCUT2D eigenvalue weighted by Crippen LogP contribution is 2.38. The van der Waals surface area contributed by atoms with Crippen LogP contribution >= 0.6 is 0 Å². The van der Waals surface area contributed by atoms with E-state index in [1.54, 1.807) is 6.07 Å². The average molecular weight is 191 g/mol. The minimum Gasteiger partial charge on any atom is -0.508 e. The molecule has 1 saturated carbocycles. The summed E-state index contributed by atoms with van der Waals surface area (Å²) >= 11 is 0. The molecule has 0 amide bonds. The second kappa shape index (κ2) is 3.62. The summed E-state index contributed by atoms with van der Waals surface area (Å²) in [5.41, 5.74) is 8.20. The molecule has 1 aliphatic rings. The topological polar surface area (TPSA) is 46.2 Å². The van der Waals surface area contributed by atoms with Gasteiger partial charge in [0.2, 0.25) is 0 Å². The predicted octanol–water partition coefficient (Wildman–Crippen LogP) is 2.50. The van der Waals surface area contributed by atoms with Crippen molar-refractivity contribution in [3.8, 4) is 5.75 Å². The van der Waals surface area contributed by atoms with E-state index in [0.717, 1.165) is 11.1 Å². The Morgan fingerprint density at radius 3 is 2.71 bits per heavy atom. The highest BCUT2D eigenvalue weighted by molar-refractivity contribution is 5.40. The van der Waals surface area contributed by atoms with Gasteiger partial charge >= 0.3 is 0 Å². The van der Waals surface area contributed by atoms with Gasteiger partial charge in [-0.15, -0.1) is 0 Å². The van der Waals surface area contributed by atoms with Crippen LogP contribution < -0.4 is 5.73 Å². The number of hydrogen-bond acceptors (Lipinski definition) is 2. The standard InChI is InChI=1S/C12H17NO/c1-8-10(6-3-7-11(8)14)12(13)9-4-2-5-9/h3,6-7,9,12,14H,2,4-5,13H2,1H3. The molecule has 1 aromatic rings. The molecule has 2 rings (SSSR count). The van der Waals surface area contributed by atoms with Crippen molar-refractivity contribution in [1.29, 1.82) is 0 Å². The van der Waals surface area contributed by atoms with Crippen LogP contribution in [0.15, 0.2) is 18.2 Å². The summed E-state index contributed by atoms with van der Waals surface area (Å²) in [6.07, 6.45) is 3.77. The molecule has 0 saturated heterocycles. The highest BCUT2D eigenvalue weighted by atomic mass is 16.3. The normalized spacial score (nSPS) is 19.0. The fraction of sp³-hybridized carbons (Fsp3) is 0.500. The minimum atomic E-state index is 0.107. The number of aromatic hydroxyl groups is 1. The van der Waals surface area contributed by atoms with Crippen molar-refractivity contribution in [2.75, 3.05) is 0 Å². The van der Waals surface area contributed by atoms with E-state index in [1.165, 1.54) is 19.3 Å². The number of benzene rings is 1. The highest BCUT2D eigenvalue weighted by Gasteiger charge is 2.26. The fourth-order valence-corrected chi connectivity index (χ4v) is 2.05. The number of hydrogen-bond donors (Lipinski definition) is 2. The first kappa shape index (κ1) is 9.53. The molecule has 0 aliphatic heterocycles. The van der Waals surface area contributed by atoms with Gasteiger partial charge in [0.25, 0.3) is 0 Å². The van der Waals surface area contributed by atoms with Crippen LogP contribution in [0.4, 0.5) is 0 Å². The Labute approximate surface area is 84.7 Å². The van der Waals surface area contributed by atoms with E-state index in [2.05, 4.69) is 0 Å². The lowest BCUT2D eigenvalue weighted by molar-refractivity contribution is 0.263. The lowest BCUT2D eigenvalue weighted by atomic mass is 9.77. The molecule has 14 heavy (non-hydrogen) atoms. The van der Waals surface area contributed by atoms with Crippen LogP contribution in [-0.2, 0) is 0 Å². The first-order valence-electron chi connectivity index (χ1n) is 5.24. The van der Waals surface area contributed by atoms with E-state index in [-0.39, 0.29) is 6.04 Å². The number of phenols is 1. The zero-order valence-corrected chi connectivity index (χ0v) is 8.53. The molecule has 2 heteroatoms. The molecule has 1 atom stereocenters. The third-order valence-electron chi connectivity index (χ3n) is 3.36. The van der Waals surface area contributed by atoms with Crippen LogP contribution in [-0.4, -0.2) is 5.11 Å². The third-order valence-corrected chi connectivity index (χ3v) is 3.36. The van der Waals surface area contributed by atoms with Crippen LogP contribution in [0.2, 0.25) is 0 Å². The van der Waals surface area contributed by atoms with Crippen LogP contribution in [0.1, 0.15) is 36.4 Å². The predicted molar refractivity (Wildman–Crippen MR) is 57.1 cm³/mol. The molecule has 3 N–H and O–H groups in total. The average Bonchev–Trinajstić information content (AvgIpc) is 2.06. The molecule has 1 aromatic carbocycles.